The minimum Gasteiger partial charge on any atom is -0.428 e. The van der Waals surface area contributed by atoms with E-state index in [2.05, 4.69) is 42.5 Å². The maximum absolute atomic E-state index is 11.6. The molecule has 1 aliphatic rings. The lowest BCUT2D eigenvalue weighted by Crippen LogP contribution is -2.02. The van der Waals surface area contributed by atoms with Crippen molar-refractivity contribution in [3.05, 3.63) is 52.1 Å². The number of para-hydroxylation sites is 1. The third-order valence-electron chi connectivity index (χ3n) is 6.47. The molecule has 0 N–H and O–H groups in total. The highest BCUT2D eigenvalue weighted by Crippen LogP contribution is 2.28. The van der Waals surface area contributed by atoms with Crippen molar-refractivity contribution in [1.82, 2.24) is 0 Å². The Labute approximate surface area is 230 Å². The summed E-state index contributed by atoms with van der Waals surface area (Å²) in [6.45, 7) is 6.64. The number of ether oxygens (including phenoxy) is 1. The van der Waals surface area contributed by atoms with Gasteiger partial charge in [0, 0.05) is 18.4 Å². The maximum atomic E-state index is 11.6. The summed E-state index contributed by atoms with van der Waals surface area (Å²) in [5.74, 6) is 1.65. The molecule has 0 radical (unpaired) electrons. The van der Waals surface area contributed by atoms with Crippen molar-refractivity contribution >= 4 is 12.3 Å². The van der Waals surface area contributed by atoms with Crippen LogP contribution in [0, 0.1) is 16.0 Å². The molecule has 216 valence electrons. The molecule has 0 spiro atoms. The summed E-state index contributed by atoms with van der Waals surface area (Å²) in [5.41, 5.74) is 0.441. The number of hydrogen-bond donors (Lipinski definition) is 0. The zero-order valence-electron chi connectivity index (χ0n) is 24.0. The molecule has 7 heteroatoms. The molecule has 0 unspecified atom stereocenters. The predicted octanol–water partition coefficient (Wildman–Crippen LogP) is 8.96. The molecule has 0 aliphatic heterocycles. The van der Waals surface area contributed by atoms with E-state index < -0.39 is 5.09 Å². The third kappa shape index (κ3) is 21.4. The normalized spacial score (nSPS) is 12.7. The average molecular weight is 534 g/mol. The van der Waals surface area contributed by atoms with Crippen molar-refractivity contribution in [2.45, 2.75) is 130 Å². The number of allylic oxidation sites excluding steroid dienone is 2. The number of ketones is 1. The van der Waals surface area contributed by atoms with Gasteiger partial charge in [0.05, 0.1) is 0 Å². The second-order valence-corrected chi connectivity index (χ2v) is 9.73. The summed E-state index contributed by atoms with van der Waals surface area (Å²) in [4.78, 5) is 35.8. The van der Waals surface area contributed by atoms with E-state index in [0.29, 0.717) is 11.3 Å². The van der Waals surface area contributed by atoms with Gasteiger partial charge in [0.25, 0.3) is 11.6 Å². The van der Waals surface area contributed by atoms with Crippen LogP contribution in [0.2, 0.25) is 0 Å². The topological polar surface area (TPSA) is 95.7 Å². The summed E-state index contributed by atoms with van der Waals surface area (Å²) < 4.78 is 4.59. The Morgan fingerprint density at radius 1 is 0.974 bits per heavy atom. The van der Waals surface area contributed by atoms with Crippen LogP contribution >= 0.6 is 0 Å². The standard InChI is InChI=1S/C15H28O.C8H7NO5.C8H16/c1-2-3-4-5-6-11-15(16)13-12-14-9-7-8-10-14;10-6-13-8-4-2-1-3-7(8)5-14-9(11)12;1-3-5-7-8-6-4-2/h14H,2-13H2,1H3;1-4,6H,5H2;5,7H,3-4,6,8H2,1-2H3/b;;7-5-. The Morgan fingerprint density at radius 2 is 1.66 bits per heavy atom. The van der Waals surface area contributed by atoms with Crippen LogP contribution in [0.4, 0.5) is 0 Å². The van der Waals surface area contributed by atoms with Crippen molar-refractivity contribution in [2.75, 3.05) is 0 Å². The number of Topliss-reactive ketones (excluding diaryl/α,β-unsaturated/α-hetero) is 1. The van der Waals surface area contributed by atoms with Crippen LogP contribution in [0.5, 0.6) is 5.75 Å². The van der Waals surface area contributed by atoms with Gasteiger partial charge < -0.3 is 9.57 Å². The van der Waals surface area contributed by atoms with Crippen molar-refractivity contribution in [3.8, 4) is 5.75 Å². The van der Waals surface area contributed by atoms with Gasteiger partial charge in [-0.1, -0.05) is 115 Å². The largest absolute Gasteiger partial charge is 0.428 e. The van der Waals surface area contributed by atoms with Crippen LogP contribution in [0.15, 0.2) is 36.4 Å². The van der Waals surface area contributed by atoms with Gasteiger partial charge in [0.1, 0.15) is 18.1 Å². The summed E-state index contributed by atoms with van der Waals surface area (Å²) in [7, 11) is 0. The highest BCUT2D eigenvalue weighted by Gasteiger charge is 2.15. The first-order valence-electron chi connectivity index (χ1n) is 14.6. The van der Waals surface area contributed by atoms with Gasteiger partial charge in [0.15, 0.2) is 0 Å². The van der Waals surface area contributed by atoms with Crippen LogP contribution in [0.1, 0.15) is 129 Å². The van der Waals surface area contributed by atoms with E-state index in [1.165, 1.54) is 89.5 Å². The van der Waals surface area contributed by atoms with Gasteiger partial charge >= 0.3 is 0 Å². The second-order valence-electron chi connectivity index (χ2n) is 9.73. The molecule has 0 bridgehead atoms. The van der Waals surface area contributed by atoms with Crippen molar-refractivity contribution in [1.29, 1.82) is 0 Å². The summed E-state index contributed by atoms with van der Waals surface area (Å²) in [5, 5.41) is 9.01. The van der Waals surface area contributed by atoms with Crippen LogP contribution in [-0.2, 0) is 21.0 Å². The number of hydrogen-bond acceptors (Lipinski definition) is 6. The highest BCUT2D eigenvalue weighted by atomic mass is 16.9. The molecule has 1 aromatic carbocycles. The molecule has 0 amide bonds. The van der Waals surface area contributed by atoms with Crippen LogP contribution in [0.25, 0.3) is 0 Å². The Bertz CT molecular complexity index is 758. The number of unbranched alkanes of at least 4 members (excludes halogenated alkanes) is 6. The van der Waals surface area contributed by atoms with Gasteiger partial charge in [-0.15, -0.1) is 10.1 Å². The molecule has 0 heterocycles. The lowest BCUT2D eigenvalue weighted by molar-refractivity contribution is -0.763. The van der Waals surface area contributed by atoms with Crippen molar-refractivity contribution in [2.24, 2.45) is 5.92 Å². The summed E-state index contributed by atoms with van der Waals surface area (Å²) in [6.07, 6.45) is 24.4. The van der Waals surface area contributed by atoms with E-state index in [9.17, 15) is 19.7 Å². The van der Waals surface area contributed by atoms with Crippen LogP contribution in [-0.4, -0.2) is 17.3 Å². The summed E-state index contributed by atoms with van der Waals surface area (Å²) in [6, 6.07) is 6.40. The first-order chi connectivity index (χ1) is 18.5. The van der Waals surface area contributed by atoms with E-state index in [0.717, 1.165) is 25.2 Å². The quantitative estimate of drug-likeness (QED) is 0.0614. The van der Waals surface area contributed by atoms with Gasteiger partial charge in [0.2, 0.25) is 0 Å². The molecule has 2 rings (SSSR count). The number of carbonyl (C=O) groups excluding carboxylic acids is 2. The fourth-order valence-electron chi connectivity index (χ4n) is 4.23. The Balaban J connectivity index is 0.000000571. The highest BCUT2D eigenvalue weighted by molar-refractivity contribution is 5.78. The molecule has 1 fully saturated rings. The van der Waals surface area contributed by atoms with E-state index in [1.807, 2.05) is 0 Å². The van der Waals surface area contributed by atoms with Gasteiger partial charge in [-0.2, -0.15) is 0 Å². The Hall–Kier alpha value is -2.70. The SMILES string of the molecule is CC/C=C\CCCC.CCCCCCCC(=O)CCC1CCCC1.O=COc1ccccc1CO[N+](=O)[O-]. The Morgan fingerprint density at radius 3 is 2.29 bits per heavy atom. The zero-order chi connectivity index (χ0) is 28.3. The van der Waals surface area contributed by atoms with E-state index in [-0.39, 0.29) is 18.8 Å². The van der Waals surface area contributed by atoms with Crippen LogP contribution in [0.3, 0.4) is 0 Å². The molecule has 7 nitrogen and oxygen atoms in total. The number of rotatable bonds is 18. The fourth-order valence-corrected chi connectivity index (χ4v) is 4.23. The molecule has 0 saturated heterocycles. The lowest BCUT2D eigenvalue weighted by atomic mass is 9.98. The minimum atomic E-state index is -0.905. The van der Waals surface area contributed by atoms with E-state index in [4.69, 9.17) is 0 Å². The molecular weight excluding hydrogens is 482 g/mol. The number of carbonyl (C=O) groups is 2. The molecule has 1 saturated carbocycles. The Kier molecular flexibility index (Phi) is 24.1. The molecular formula is C31H51NO6. The number of nitrogens with zero attached hydrogens (tertiary/aromatic N) is 1. The molecule has 0 aromatic heterocycles. The summed E-state index contributed by atoms with van der Waals surface area (Å²) >= 11 is 0. The first kappa shape index (κ1) is 35.3. The van der Waals surface area contributed by atoms with Crippen molar-refractivity contribution in [3.63, 3.8) is 0 Å². The van der Waals surface area contributed by atoms with E-state index >= 15 is 0 Å². The third-order valence-corrected chi connectivity index (χ3v) is 6.47. The van der Waals surface area contributed by atoms with Crippen LogP contribution < -0.4 is 4.74 Å². The number of benzene rings is 1. The first-order valence-corrected chi connectivity index (χ1v) is 14.6. The van der Waals surface area contributed by atoms with Crippen molar-refractivity contribution < 1.29 is 24.3 Å². The smallest absolute Gasteiger partial charge is 0.298 e. The molecule has 1 aromatic rings. The molecule has 38 heavy (non-hydrogen) atoms. The fraction of sp³-hybridized carbons (Fsp3) is 0.677. The molecule has 1 aliphatic carbocycles. The lowest BCUT2D eigenvalue weighted by Gasteiger charge is -2.07. The van der Waals surface area contributed by atoms with E-state index in [1.54, 1.807) is 18.2 Å². The maximum Gasteiger partial charge on any atom is 0.298 e. The second kappa shape index (κ2) is 25.9. The van der Waals surface area contributed by atoms with Gasteiger partial charge in [-0.05, 0) is 37.7 Å². The van der Waals surface area contributed by atoms with Gasteiger partial charge in [-0.3, -0.25) is 9.59 Å². The van der Waals surface area contributed by atoms with Gasteiger partial charge in [-0.25, -0.2) is 0 Å². The predicted molar refractivity (Wildman–Crippen MR) is 153 cm³/mol. The monoisotopic (exact) mass is 533 g/mol. The molecule has 0 atom stereocenters. The zero-order valence-corrected chi connectivity index (χ0v) is 24.0. The minimum absolute atomic E-state index is 0.239. The average Bonchev–Trinajstić information content (AvgIpc) is 3.44.